The molecule has 106 valence electrons. The number of aromatic nitrogens is 1. The first-order chi connectivity index (χ1) is 10.1. The second kappa shape index (κ2) is 6.06. The summed E-state index contributed by atoms with van der Waals surface area (Å²) in [7, 11) is 3.14. The van der Waals surface area contributed by atoms with Crippen LogP contribution in [0.1, 0.15) is 21.7 Å². The summed E-state index contributed by atoms with van der Waals surface area (Å²) in [5.41, 5.74) is 2.81. The number of nitriles is 1. The van der Waals surface area contributed by atoms with Gasteiger partial charge in [-0.15, -0.1) is 0 Å². The summed E-state index contributed by atoms with van der Waals surface area (Å²) in [6.07, 6.45) is 0. The first-order valence-electron chi connectivity index (χ1n) is 6.39. The number of hydrogen-bond acceptors (Lipinski definition) is 4. The summed E-state index contributed by atoms with van der Waals surface area (Å²) in [5, 5.41) is 11.9. The third-order valence-corrected chi connectivity index (χ3v) is 3.17. The lowest BCUT2D eigenvalue weighted by Crippen LogP contribution is -2.20. The van der Waals surface area contributed by atoms with Crippen molar-refractivity contribution in [1.29, 1.82) is 5.26 Å². The van der Waals surface area contributed by atoms with E-state index in [4.69, 9.17) is 4.74 Å². The zero-order valence-electron chi connectivity index (χ0n) is 12.1. The SMILES string of the molecule is CNC(=O)c1cc(-c2ccc(OC)cc2)c(C#N)c(C)n1. The van der Waals surface area contributed by atoms with Gasteiger partial charge in [0.1, 0.15) is 17.5 Å². The minimum Gasteiger partial charge on any atom is -0.497 e. The topological polar surface area (TPSA) is 75.0 Å². The van der Waals surface area contributed by atoms with Crippen molar-refractivity contribution in [3.8, 4) is 22.9 Å². The van der Waals surface area contributed by atoms with Crippen LogP contribution in [0.4, 0.5) is 0 Å². The van der Waals surface area contributed by atoms with E-state index < -0.39 is 0 Å². The van der Waals surface area contributed by atoms with Crippen LogP contribution < -0.4 is 10.1 Å². The van der Waals surface area contributed by atoms with Crippen molar-refractivity contribution >= 4 is 5.91 Å². The molecule has 0 fully saturated rings. The maximum absolute atomic E-state index is 11.8. The smallest absolute Gasteiger partial charge is 0.269 e. The number of pyridine rings is 1. The Kier molecular flexibility index (Phi) is 4.19. The van der Waals surface area contributed by atoms with Gasteiger partial charge in [-0.05, 0) is 30.7 Å². The molecule has 1 aromatic carbocycles. The van der Waals surface area contributed by atoms with Gasteiger partial charge in [-0.1, -0.05) is 12.1 Å². The van der Waals surface area contributed by atoms with Gasteiger partial charge in [0.2, 0.25) is 0 Å². The van der Waals surface area contributed by atoms with Crippen LogP contribution in [0.2, 0.25) is 0 Å². The molecule has 0 aliphatic carbocycles. The largest absolute Gasteiger partial charge is 0.497 e. The van der Waals surface area contributed by atoms with Gasteiger partial charge in [-0.25, -0.2) is 4.98 Å². The van der Waals surface area contributed by atoms with Crippen LogP contribution in [0.5, 0.6) is 5.75 Å². The minimum absolute atomic E-state index is 0.280. The molecule has 2 aromatic rings. The molecule has 1 aromatic heterocycles. The van der Waals surface area contributed by atoms with E-state index in [9.17, 15) is 10.1 Å². The monoisotopic (exact) mass is 281 g/mol. The summed E-state index contributed by atoms with van der Waals surface area (Å²) in [6.45, 7) is 1.72. The Morgan fingerprint density at radius 2 is 2.00 bits per heavy atom. The lowest BCUT2D eigenvalue weighted by molar-refractivity contribution is 0.0958. The van der Waals surface area contributed by atoms with Crippen LogP contribution in [-0.2, 0) is 0 Å². The zero-order valence-corrected chi connectivity index (χ0v) is 12.1. The molecule has 1 N–H and O–H groups in total. The zero-order chi connectivity index (χ0) is 15.4. The molecule has 1 heterocycles. The Balaban J connectivity index is 2.62. The van der Waals surface area contributed by atoms with E-state index >= 15 is 0 Å². The van der Waals surface area contributed by atoms with Crippen molar-refractivity contribution in [2.75, 3.05) is 14.2 Å². The molecule has 5 nitrogen and oxygen atoms in total. The van der Waals surface area contributed by atoms with Crippen LogP contribution in [-0.4, -0.2) is 25.0 Å². The normalized spacial score (nSPS) is 9.81. The Morgan fingerprint density at radius 1 is 1.33 bits per heavy atom. The molecule has 0 saturated heterocycles. The first-order valence-corrected chi connectivity index (χ1v) is 6.39. The number of ether oxygens (including phenoxy) is 1. The fourth-order valence-corrected chi connectivity index (χ4v) is 2.06. The Bertz CT molecular complexity index is 716. The van der Waals surface area contributed by atoms with Crippen LogP contribution in [0.15, 0.2) is 30.3 Å². The number of aryl methyl sites for hydroxylation is 1. The van der Waals surface area contributed by atoms with Gasteiger partial charge >= 0.3 is 0 Å². The molecule has 0 saturated carbocycles. The van der Waals surface area contributed by atoms with Gasteiger partial charge in [0, 0.05) is 12.6 Å². The number of hydrogen-bond donors (Lipinski definition) is 1. The number of nitrogens with one attached hydrogen (secondary N) is 1. The van der Waals surface area contributed by atoms with E-state index in [-0.39, 0.29) is 5.91 Å². The lowest BCUT2D eigenvalue weighted by Gasteiger charge is -2.10. The van der Waals surface area contributed by atoms with E-state index in [0.717, 1.165) is 11.3 Å². The highest BCUT2D eigenvalue weighted by Gasteiger charge is 2.15. The van der Waals surface area contributed by atoms with Crippen LogP contribution in [0.25, 0.3) is 11.1 Å². The highest BCUT2D eigenvalue weighted by atomic mass is 16.5. The summed E-state index contributed by atoms with van der Waals surface area (Å²) in [4.78, 5) is 15.9. The summed E-state index contributed by atoms with van der Waals surface area (Å²) >= 11 is 0. The third kappa shape index (κ3) is 2.84. The number of methoxy groups -OCH3 is 1. The average molecular weight is 281 g/mol. The second-order valence-corrected chi connectivity index (χ2v) is 4.43. The predicted molar refractivity (Wildman–Crippen MR) is 79.1 cm³/mol. The van der Waals surface area contributed by atoms with Crippen molar-refractivity contribution in [2.24, 2.45) is 0 Å². The van der Waals surface area contributed by atoms with Crippen molar-refractivity contribution in [1.82, 2.24) is 10.3 Å². The van der Waals surface area contributed by atoms with Gasteiger partial charge in [0.25, 0.3) is 5.91 Å². The first kappa shape index (κ1) is 14.5. The molecule has 0 atom stereocenters. The molecule has 0 unspecified atom stereocenters. The van der Waals surface area contributed by atoms with E-state index in [2.05, 4.69) is 16.4 Å². The Labute approximate surface area is 123 Å². The van der Waals surface area contributed by atoms with Gasteiger partial charge in [-0.3, -0.25) is 4.79 Å². The average Bonchev–Trinajstić information content (AvgIpc) is 2.53. The minimum atomic E-state index is -0.280. The van der Waals surface area contributed by atoms with Gasteiger partial charge in [0.15, 0.2) is 0 Å². The van der Waals surface area contributed by atoms with Crippen LogP contribution in [0.3, 0.4) is 0 Å². The second-order valence-electron chi connectivity index (χ2n) is 4.43. The molecule has 0 aliphatic heterocycles. The summed E-state index contributed by atoms with van der Waals surface area (Å²) in [5.74, 6) is 0.451. The number of carbonyl (C=O) groups excluding carboxylic acids is 1. The number of amides is 1. The fourth-order valence-electron chi connectivity index (χ4n) is 2.06. The molecule has 0 aliphatic rings. The Morgan fingerprint density at radius 3 is 2.52 bits per heavy atom. The van der Waals surface area contributed by atoms with Crippen LogP contribution >= 0.6 is 0 Å². The number of benzene rings is 1. The standard InChI is InChI=1S/C16H15N3O2/c1-10-14(9-17)13(8-15(19-10)16(20)18-2)11-4-6-12(21-3)7-5-11/h4-8H,1-3H3,(H,18,20). The number of carbonyl (C=O) groups is 1. The fraction of sp³-hybridized carbons (Fsp3) is 0.188. The van der Waals surface area contributed by atoms with Crippen molar-refractivity contribution < 1.29 is 9.53 Å². The number of nitrogens with zero attached hydrogens (tertiary/aromatic N) is 2. The van der Waals surface area contributed by atoms with Crippen molar-refractivity contribution in [3.63, 3.8) is 0 Å². The molecular formula is C16H15N3O2. The Hall–Kier alpha value is -2.87. The molecule has 1 amide bonds. The molecule has 21 heavy (non-hydrogen) atoms. The molecule has 0 radical (unpaired) electrons. The van der Waals surface area contributed by atoms with Gasteiger partial charge < -0.3 is 10.1 Å². The summed E-state index contributed by atoms with van der Waals surface area (Å²) < 4.78 is 5.12. The molecule has 2 rings (SSSR count). The van der Waals surface area contributed by atoms with E-state index in [1.54, 1.807) is 27.1 Å². The van der Waals surface area contributed by atoms with Crippen molar-refractivity contribution in [3.05, 3.63) is 47.3 Å². The maximum Gasteiger partial charge on any atom is 0.269 e. The third-order valence-electron chi connectivity index (χ3n) is 3.17. The predicted octanol–water partition coefficient (Wildman–Crippen LogP) is 2.30. The lowest BCUT2D eigenvalue weighted by atomic mass is 9.98. The molecule has 0 spiro atoms. The van der Waals surface area contributed by atoms with Gasteiger partial charge in [-0.2, -0.15) is 5.26 Å². The van der Waals surface area contributed by atoms with E-state index in [1.807, 2.05) is 24.3 Å². The van der Waals surface area contributed by atoms with E-state index in [1.165, 1.54) is 0 Å². The summed E-state index contributed by atoms with van der Waals surface area (Å²) in [6, 6.07) is 11.1. The number of rotatable bonds is 3. The highest BCUT2D eigenvalue weighted by molar-refractivity contribution is 5.94. The van der Waals surface area contributed by atoms with Crippen LogP contribution in [0, 0.1) is 18.3 Å². The quantitative estimate of drug-likeness (QED) is 0.936. The van der Waals surface area contributed by atoms with Crippen molar-refractivity contribution in [2.45, 2.75) is 6.92 Å². The highest BCUT2D eigenvalue weighted by Crippen LogP contribution is 2.27. The molecular weight excluding hydrogens is 266 g/mol. The molecule has 5 heteroatoms. The van der Waals surface area contributed by atoms with E-state index in [0.29, 0.717) is 22.5 Å². The maximum atomic E-state index is 11.8. The molecule has 0 bridgehead atoms. The van der Waals surface area contributed by atoms with Gasteiger partial charge in [0.05, 0.1) is 18.4 Å².